The second-order valence-electron chi connectivity index (χ2n) is 5.33. The molecule has 1 aromatic rings. The van der Waals surface area contributed by atoms with E-state index in [2.05, 4.69) is 4.74 Å². The fourth-order valence-corrected chi connectivity index (χ4v) is 2.82. The number of alkyl halides is 3. The van der Waals surface area contributed by atoms with Crippen LogP contribution in [0.5, 0.6) is 0 Å². The molecule has 1 aromatic carbocycles. The van der Waals surface area contributed by atoms with Crippen molar-refractivity contribution < 1.29 is 27.8 Å². The molecule has 0 radical (unpaired) electrons. The van der Waals surface area contributed by atoms with Gasteiger partial charge in [0.1, 0.15) is 5.76 Å². The minimum absolute atomic E-state index is 0.0110. The molecule has 7 heteroatoms. The molecule has 122 valence electrons. The van der Waals surface area contributed by atoms with E-state index in [-0.39, 0.29) is 36.2 Å². The number of aliphatic hydroxyl groups excluding tert-OH is 1. The van der Waals surface area contributed by atoms with E-state index in [4.69, 9.17) is 0 Å². The van der Waals surface area contributed by atoms with Gasteiger partial charge in [-0.3, -0.25) is 0 Å². The quantitative estimate of drug-likeness (QED) is 0.843. The second kappa shape index (κ2) is 5.95. The molecule has 1 aliphatic carbocycles. The van der Waals surface area contributed by atoms with Gasteiger partial charge in [0.2, 0.25) is 0 Å². The Labute approximate surface area is 130 Å². The summed E-state index contributed by atoms with van der Waals surface area (Å²) < 4.78 is 44.3. The topological polar surface area (TPSA) is 70.3 Å². The number of nitrogens with zero attached hydrogens (tertiary/aromatic N) is 1. The Morgan fingerprint density at radius 3 is 2.61 bits per heavy atom. The highest BCUT2D eigenvalue weighted by atomic mass is 19.4. The first-order chi connectivity index (χ1) is 10.7. The highest BCUT2D eigenvalue weighted by molar-refractivity contribution is 5.89. The Morgan fingerprint density at radius 1 is 1.39 bits per heavy atom. The largest absolute Gasteiger partial charge is 0.512 e. The van der Waals surface area contributed by atoms with E-state index in [1.165, 1.54) is 18.2 Å². The average molecular weight is 325 g/mol. The summed E-state index contributed by atoms with van der Waals surface area (Å²) in [5.41, 5.74) is -2.80. The number of rotatable bonds is 2. The fraction of sp³-hybridized carbons (Fsp3) is 0.375. The smallest absolute Gasteiger partial charge is 0.416 e. The third-order valence-corrected chi connectivity index (χ3v) is 4.01. The van der Waals surface area contributed by atoms with E-state index in [9.17, 15) is 28.3 Å². The number of methoxy groups -OCH3 is 1. The van der Waals surface area contributed by atoms with Gasteiger partial charge in [0.15, 0.2) is 0 Å². The summed E-state index contributed by atoms with van der Waals surface area (Å²) in [7, 11) is 1.11. The van der Waals surface area contributed by atoms with Crippen molar-refractivity contribution in [3.8, 4) is 6.07 Å². The lowest BCUT2D eigenvalue weighted by atomic mass is 9.68. The van der Waals surface area contributed by atoms with E-state index in [0.717, 1.165) is 13.2 Å². The normalized spacial score (nSPS) is 21.7. The number of benzene rings is 1. The van der Waals surface area contributed by atoms with Gasteiger partial charge in [0.05, 0.1) is 29.7 Å². The summed E-state index contributed by atoms with van der Waals surface area (Å²) in [6.45, 7) is 0. The van der Waals surface area contributed by atoms with Crippen LogP contribution in [0.3, 0.4) is 0 Å². The maximum absolute atomic E-state index is 13.2. The molecule has 0 spiro atoms. The van der Waals surface area contributed by atoms with Gasteiger partial charge >= 0.3 is 12.1 Å². The van der Waals surface area contributed by atoms with Crippen LogP contribution in [-0.2, 0) is 21.1 Å². The summed E-state index contributed by atoms with van der Waals surface area (Å²) in [5.74, 6) is -1.08. The molecule has 1 aliphatic rings. The SMILES string of the molecule is COC(=O)C1=C(O)CCC(C#N)(c2ccccc2C(F)(F)F)C1. The number of hydrogen-bond donors (Lipinski definition) is 1. The zero-order chi connectivity index (χ0) is 17.3. The van der Waals surface area contributed by atoms with Crippen LogP contribution >= 0.6 is 0 Å². The number of allylic oxidation sites excluding steroid dienone is 1. The molecular formula is C16H14F3NO3. The van der Waals surface area contributed by atoms with Gasteiger partial charge in [-0.2, -0.15) is 18.4 Å². The molecule has 0 fully saturated rings. The Kier molecular flexibility index (Phi) is 4.37. The zero-order valence-electron chi connectivity index (χ0n) is 12.3. The van der Waals surface area contributed by atoms with Gasteiger partial charge in [-0.1, -0.05) is 18.2 Å². The van der Waals surface area contributed by atoms with E-state index in [1.54, 1.807) is 0 Å². The van der Waals surface area contributed by atoms with Gasteiger partial charge in [-0.05, 0) is 18.1 Å². The maximum atomic E-state index is 13.2. The number of carbonyl (C=O) groups excluding carboxylic acids is 1. The zero-order valence-corrected chi connectivity index (χ0v) is 12.3. The van der Waals surface area contributed by atoms with Gasteiger partial charge in [0.25, 0.3) is 0 Å². The van der Waals surface area contributed by atoms with Crippen LogP contribution in [-0.4, -0.2) is 18.2 Å². The van der Waals surface area contributed by atoms with Crippen LogP contribution in [0.15, 0.2) is 35.6 Å². The number of hydrogen-bond acceptors (Lipinski definition) is 4. The number of aliphatic hydroxyl groups is 1. The standard InChI is InChI=1S/C16H14F3NO3/c1-23-14(22)10-8-15(9-20,7-6-13(10)21)11-4-2-3-5-12(11)16(17,18)19/h2-5,21H,6-8H2,1H3. The molecule has 0 saturated heterocycles. The number of nitriles is 1. The van der Waals surface area contributed by atoms with Crippen LogP contribution in [0.2, 0.25) is 0 Å². The summed E-state index contributed by atoms with van der Waals surface area (Å²) in [6.07, 6.45) is -5.02. The maximum Gasteiger partial charge on any atom is 0.416 e. The number of halogens is 3. The van der Waals surface area contributed by atoms with Gasteiger partial charge < -0.3 is 9.84 Å². The van der Waals surface area contributed by atoms with Crippen molar-refractivity contribution in [1.82, 2.24) is 0 Å². The third kappa shape index (κ3) is 3.02. The van der Waals surface area contributed by atoms with Crippen molar-refractivity contribution in [3.05, 3.63) is 46.7 Å². The molecule has 0 aromatic heterocycles. The van der Waals surface area contributed by atoms with Crippen molar-refractivity contribution in [2.24, 2.45) is 0 Å². The molecule has 0 bridgehead atoms. The third-order valence-electron chi connectivity index (χ3n) is 4.01. The average Bonchev–Trinajstić information content (AvgIpc) is 2.54. The molecule has 0 heterocycles. The van der Waals surface area contributed by atoms with Crippen molar-refractivity contribution >= 4 is 5.97 Å². The van der Waals surface area contributed by atoms with E-state index in [1.807, 2.05) is 6.07 Å². The highest BCUT2D eigenvalue weighted by Gasteiger charge is 2.45. The number of esters is 1. The fourth-order valence-electron chi connectivity index (χ4n) is 2.82. The molecule has 1 N–H and O–H groups in total. The molecule has 1 unspecified atom stereocenters. The number of carbonyl (C=O) groups is 1. The van der Waals surface area contributed by atoms with Gasteiger partial charge in [-0.15, -0.1) is 0 Å². The van der Waals surface area contributed by atoms with Gasteiger partial charge in [0, 0.05) is 12.8 Å². The van der Waals surface area contributed by atoms with Crippen LogP contribution in [0.1, 0.15) is 30.4 Å². The van der Waals surface area contributed by atoms with Crippen molar-refractivity contribution in [3.63, 3.8) is 0 Å². The lowest BCUT2D eigenvalue weighted by Gasteiger charge is -2.33. The van der Waals surface area contributed by atoms with Crippen LogP contribution in [0.25, 0.3) is 0 Å². The highest BCUT2D eigenvalue weighted by Crippen LogP contribution is 2.45. The Hall–Kier alpha value is -2.49. The summed E-state index contributed by atoms with van der Waals surface area (Å²) >= 11 is 0. The van der Waals surface area contributed by atoms with E-state index >= 15 is 0 Å². The van der Waals surface area contributed by atoms with Gasteiger partial charge in [-0.25, -0.2) is 4.79 Å². The lowest BCUT2D eigenvalue weighted by molar-refractivity contribution is -0.138. The summed E-state index contributed by atoms with van der Waals surface area (Å²) in [5, 5.41) is 19.4. The minimum atomic E-state index is -4.62. The predicted octanol–water partition coefficient (Wildman–Crippen LogP) is 3.64. The van der Waals surface area contributed by atoms with Crippen molar-refractivity contribution in [2.75, 3.05) is 7.11 Å². The first kappa shape index (κ1) is 16.9. The first-order valence-electron chi connectivity index (χ1n) is 6.82. The second-order valence-corrected chi connectivity index (χ2v) is 5.33. The molecule has 0 saturated carbocycles. The van der Waals surface area contributed by atoms with E-state index < -0.39 is 23.1 Å². The summed E-state index contributed by atoms with van der Waals surface area (Å²) in [4.78, 5) is 11.7. The molecule has 23 heavy (non-hydrogen) atoms. The van der Waals surface area contributed by atoms with Crippen LogP contribution < -0.4 is 0 Å². The molecule has 4 nitrogen and oxygen atoms in total. The molecule has 1 atom stereocenters. The summed E-state index contributed by atoms with van der Waals surface area (Å²) in [6, 6.07) is 6.73. The molecule has 0 aliphatic heterocycles. The minimum Gasteiger partial charge on any atom is -0.512 e. The van der Waals surface area contributed by atoms with Crippen LogP contribution in [0.4, 0.5) is 13.2 Å². The Morgan fingerprint density at radius 2 is 2.04 bits per heavy atom. The van der Waals surface area contributed by atoms with E-state index in [0.29, 0.717) is 0 Å². The number of ether oxygens (including phenoxy) is 1. The first-order valence-corrected chi connectivity index (χ1v) is 6.82. The molecular weight excluding hydrogens is 311 g/mol. The predicted molar refractivity (Wildman–Crippen MR) is 74.3 cm³/mol. The molecule has 2 rings (SSSR count). The lowest BCUT2D eigenvalue weighted by Crippen LogP contribution is -2.33. The van der Waals surface area contributed by atoms with Crippen LogP contribution in [0, 0.1) is 11.3 Å². The monoisotopic (exact) mass is 325 g/mol. The Balaban J connectivity index is 2.58. The molecule has 0 amide bonds. The Bertz CT molecular complexity index is 703. The van der Waals surface area contributed by atoms with Crippen molar-refractivity contribution in [2.45, 2.75) is 30.9 Å². The van der Waals surface area contributed by atoms with Crippen molar-refractivity contribution in [1.29, 1.82) is 5.26 Å².